The van der Waals surface area contributed by atoms with Gasteiger partial charge in [-0.2, -0.15) is 26.3 Å². The number of carbonyl (C=O) groups is 2. The molecule has 4 rings (SSSR count). The van der Waals surface area contributed by atoms with Crippen LogP contribution in [0.25, 0.3) is 0 Å². The lowest BCUT2D eigenvalue weighted by Gasteiger charge is -2.42. The molecule has 41 heavy (non-hydrogen) atoms. The van der Waals surface area contributed by atoms with Crippen LogP contribution in [0.15, 0.2) is 48.5 Å². The maximum Gasteiger partial charge on any atom is 0.416 e. The van der Waals surface area contributed by atoms with Crippen molar-refractivity contribution < 1.29 is 45.8 Å². The smallest absolute Gasteiger partial charge is 0.416 e. The standard InChI is InChI=1S/C29H32F6N2O4/c1-18(21-13-22(28(30,31)32)15-23(14-21)29(33,34)35)41-25-9-12-37(16-24(25)19-5-3-2-4-6-19)27(40)20-7-10-36(11-8-20)17-26(38)39/h2-6,13-15,18,20,24-25H,7-12,16-17H2,1H3,(H,38,39). The van der Waals surface area contributed by atoms with Crippen molar-refractivity contribution in [2.45, 2.75) is 56.7 Å². The van der Waals surface area contributed by atoms with Crippen molar-refractivity contribution in [3.05, 3.63) is 70.8 Å². The topological polar surface area (TPSA) is 70.1 Å². The first-order valence-corrected chi connectivity index (χ1v) is 13.4. The van der Waals surface area contributed by atoms with Gasteiger partial charge in [0.15, 0.2) is 0 Å². The fourth-order valence-corrected chi connectivity index (χ4v) is 5.66. The molecule has 2 aliphatic heterocycles. The Bertz CT molecular complexity index is 1180. The van der Waals surface area contributed by atoms with Gasteiger partial charge in [-0.1, -0.05) is 30.3 Å². The summed E-state index contributed by atoms with van der Waals surface area (Å²) in [5.41, 5.74) is -2.18. The third-order valence-corrected chi connectivity index (χ3v) is 7.84. The predicted octanol–water partition coefficient (Wildman–Crippen LogP) is 5.98. The number of carboxylic acid groups (broad SMARTS) is 1. The van der Waals surface area contributed by atoms with Gasteiger partial charge in [0, 0.05) is 24.9 Å². The fraction of sp³-hybridized carbons (Fsp3) is 0.517. The zero-order valence-electron chi connectivity index (χ0n) is 22.4. The van der Waals surface area contributed by atoms with Crippen LogP contribution in [-0.4, -0.2) is 65.6 Å². The van der Waals surface area contributed by atoms with Crippen molar-refractivity contribution in [1.82, 2.24) is 9.80 Å². The highest BCUT2D eigenvalue weighted by molar-refractivity contribution is 5.79. The number of rotatable bonds is 7. The highest BCUT2D eigenvalue weighted by atomic mass is 19.4. The first-order chi connectivity index (χ1) is 19.2. The Balaban J connectivity index is 1.51. The van der Waals surface area contributed by atoms with E-state index in [1.165, 1.54) is 6.92 Å². The Morgan fingerprint density at radius 1 is 0.927 bits per heavy atom. The number of amides is 1. The summed E-state index contributed by atoms with van der Waals surface area (Å²) in [6.45, 7) is 2.96. The summed E-state index contributed by atoms with van der Waals surface area (Å²) in [5.74, 6) is -1.56. The molecule has 1 N–H and O–H groups in total. The first kappa shape index (κ1) is 30.8. The summed E-state index contributed by atoms with van der Waals surface area (Å²) in [6, 6.07) is 10.6. The predicted molar refractivity (Wildman–Crippen MR) is 137 cm³/mol. The van der Waals surface area contributed by atoms with Crippen LogP contribution in [0, 0.1) is 5.92 Å². The number of halogens is 6. The highest BCUT2D eigenvalue weighted by Crippen LogP contribution is 2.40. The van der Waals surface area contributed by atoms with Crippen molar-refractivity contribution in [3.63, 3.8) is 0 Å². The Hall–Kier alpha value is -3.12. The largest absolute Gasteiger partial charge is 0.480 e. The fourth-order valence-electron chi connectivity index (χ4n) is 5.66. The Morgan fingerprint density at radius 3 is 2.05 bits per heavy atom. The zero-order valence-corrected chi connectivity index (χ0v) is 22.4. The molecule has 2 aliphatic rings. The van der Waals surface area contributed by atoms with Gasteiger partial charge < -0.3 is 14.7 Å². The molecule has 1 amide bonds. The van der Waals surface area contributed by atoms with Crippen LogP contribution in [0.2, 0.25) is 0 Å². The number of hydrogen-bond acceptors (Lipinski definition) is 4. The summed E-state index contributed by atoms with van der Waals surface area (Å²) < 4.78 is 86.7. The number of likely N-dealkylation sites (tertiary alicyclic amines) is 2. The van der Waals surface area contributed by atoms with Crippen molar-refractivity contribution in [3.8, 4) is 0 Å². The van der Waals surface area contributed by atoms with Crippen molar-refractivity contribution in [1.29, 1.82) is 0 Å². The molecule has 6 nitrogen and oxygen atoms in total. The molecule has 2 fully saturated rings. The Kier molecular flexibility index (Phi) is 9.32. The summed E-state index contributed by atoms with van der Waals surface area (Å²) >= 11 is 0. The minimum atomic E-state index is -4.96. The average Bonchev–Trinajstić information content (AvgIpc) is 2.92. The van der Waals surface area contributed by atoms with Crippen LogP contribution in [0.5, 0.6) is 0 Å². The van der Waals surface area contributed by atoms with Crippen LogP contribution in [-0.2, 0) is 26.7 Å². The van der Waals surface area contributed by atoms with Crippen molar-refractivity contribution in [2.24, 2.45) is 5.92 Å². The molecule has 0 bridgehead atoms. The van der Waals surface area contributed by atoms with E-state index in [1.54, 1.807) is 9.80 Å². The van der Waals surface area contributed by atoms with Crippen LogP contribution in [0.3, 0.4) is 0 Å². The number of alkyl halides is 6. The molecular formula is C29H32F6N2O4. The van der Waals surface area contributed by atoms with E-state index in [4.69, 9.17) is 9.84 Å². The second-order valence-corrected chi connectivity index (χ2v) is 10.7. The van der Waals surface area contributed by atoms with Gasteiger partial charge in [0.25, 0.3) is 0 Å². The summed E-state index contributed by atoms with van der Waals surface area (Å²) in [5, 5.41) is 9.01. The molecule has 2 saturated heterocycles. The SMILES string of the molecule is CC(OC1CCN(C(=O)C2CCN(CC(=O)O)CC2)CC1c1ccccc1)c1cc(C(F)(F)F)cc(C(F)(F)F)c1. The maximum absolute atomic E-state index is 13.4. The molecule has 2 aromatic rings. The number of ether oxygens (including phenoxy) is 1. The van der Waals surface area contributed by atoms with Gasteiger partial charge >= 0.3 is 18.3 Å². The first-order valence-electron chi connectivity index (χ1n) is 13.4. The summed E-state index contributed by atoms with van der Waals surface area (Å²) in [4.78, 5) is 27.9. The van der Waals surface area contributed by atoms with E-state index >= 15 is 0 Å². The van der Waals surface area contributed by atoms with E-state index in [9.17, 15) is 35.9 Å². The van der Waals surface area contributed by atoms with Crippen LogP contribution >= 0.6 is 0 Å². The average molecular weight is 587 g/mol. The van der Waals surface area contributed by atoms with Gasteiger partial charge in [-0.15, -0.1) is 0 Å². The number of carbonyl (C=O) groups excluding carboxylic acids is 1. The van der Waals surface area contributed by atoms with Crippen LogP contribution < -0.4 is 0 Å². The molecule has 0 saturated carbocycles. The second kappa shape index (κ2) is 12.4. The molecule has 224 valence electrons. The van der Waals surface area contributed by atoms with E-state index in [-0.39, 0.29) is 42.5 Å². The lowest BCUT2D eigenvalue weighted by Crippen LogP contribution is -2.49. The quantitative estimate of drug-likeness (QED) is 0.404. The Morgan fingerprint density at radius 2 is 1.51 bits per heavy atom. The second-order valence-electron chi connectivity index (χ2n) is 10.7. The molecule has 12 heteroatoms. The number of nitrogens with zero attached hydrogens (tertiary/aromatic N) is 2. The van der Waals surface area contributed by atoms with Gasteiger partial charge in [0.05, 0.1) is 29.9 Å². The van der Waals surface area contributed by atoms with Crippen molar-refractivity contribution >= 4 is 11.9 Å². The third kappa shape index (κ3) is 7.79. The van der Waals surface area contributed by atoms with E-state index in [0.29, 0.717) is 51.0 Å². The molecule has 0 radical (unpaired) electrons. The van der Waals surface area contributed by atoms with Crippen LogP contribution in [0.4, 0.5) is 26.3 Å². The molecule has 0 spiro atoms. The number of hydrogen-bond donors (Lipinski definition) is 1. The molecule has 2 aromatic carbocycles. The third-order valence-electron chi connectivity index (χ3n) is 7.84. The van der Waals surface area contributed by atoms with Gasteiger partial charge in [0.2, 0.25) is 5.91 Å². The molecular weight excluding hydrogens is 554 g/mol. The van der Waals surface area contributed by atoms with E-state index in [1.807, 2.05) is 30.3 Å². The number of carboxylic acids is 1. The minimum absolute atomic E-state index is 0.0416. The molecule has 2 heterocycles. The van der Waals surface area contributed by atoms with Gasteiger partial charge in [-0.3, -0.25) is 14.5 Å². The van der Waals surface area contributed by atoms with E-state index in [2.05, 4.69) is 0 Å². The lowest BCUT2D eigenvalue weighted by molar-refractivity contribution is -0.143. The lowest BCUT2D eigenvalue weighted by atomic mass is 9.86. The minimum Gasteiger partial charge on any atom is -0.480 e. The van der Waals surface area contributed by atoms with Gasteiger partial charge in [-0.25, -0.2) is 0 Å². The van der Waals surface area contributed by atoms with E-state index in [0.717, 1.165) is 5.56 Å². The zero-order chi connectivity index (χ0) is 29.9. The van der Waals surface area contributed by atoms with Gasteiger partial charge in [0.1, 0.15) is 0 Å². The highest BCUT2D eigenvalue weighted by Gasteiger charge is 2.40. The number of piperidine rings is 2. The molecule has 0 aliphatic carbocycles. The molecule has 3 unspecified atom stereocenters. The Labute approximate surface area is 233 Å². The normalized spacial score (nSPS) is 22.0. The molecule has 0 aromatic heterocycles. The molecule has 3 atom stereocenters. The van der Waals surface area contributed by atoms with Gasteiger partial charge in [-0.05, 0) is 68.6 Å². The van der Waals surface area contributed by atoms with E-state index < -0.39 is 41.7 Å². The number of aliphatic carboxylic acids is 1. The summed E-state index contributed by atoms with van der Waals surface area (Å²) in [7, 11) is 0. The number of benzene rings is 2. The summed E-state index contributed by atoms with van der Waals surface area (Å²) in [6.07, 6.45) is -10.1. The maximum atomic E-state index is 13.4. The van der Waals surface area contributed by atoms with Crippen molar-refractivity contribution in [2.75, 3.05) is 32.7 Å². The monoisotopic (exact) mass is 586 g/mol. The van der Waals surface area contributed by atoms with Crippen LogP contribution in [0.1, 0.15) is 60.5 Å².